The number of nitrogens with one attached hydrogen (secondary N) is 1. The lowest BCUT2D eigenvalue weighted by molar-refractivity contribution is -0.132. The lowest BCUT2D eigenvalue weighted by atomic mass is 10.1. The van der Waals surface area contributed by atoms with E-state index in [2.05, 4.69) is 4.98 Å². The number of hydrogen-bond acceptors (Lipinski definition) is 4. The van der Waals surface area contributed by atoms with Gasteiger partial charge in [-0.15, -0.1) is 0 Å². The molecule has 0 radical (unpaired) electrons. The Balaban J connectivity index is 1.51. The van der Waals surface area contributed by atoms with Gasteiger partial charge in [0, 0.05) is 33.2 Å². The second-order valence-corrected chi connectivity index (χ2v) is 7.92. The smallest absolute Gasteiger partial charge is 0.262 e. The number of fused-ring (bicyclic) bond motifs is 1. The Kier molecular flexibility index (Phi) is 8.55. The molecule has 1 aromatic heterocycles. The fourth-order valence-electron chi connectivity index (χ4n) is 3.58. The van der Waals surface area contributed by atoms with E-state index < -0.39 is 0 Å². The van der Waals surface area contributed by atoms with E-state index in [0.717, 1.165) is 30.3 Å². The van der Waals surface area contributed by atoms with Gasteiger partial charge in [0.1, 0.15) is 0 Å². The summed E-state index contributed by atoms with van der Waals surface area (Å²) in [6, 6.07) is 17.4. The summed E-state index contributed by atoms with van der Waals surface area (Å²) in [5.41, 5.74) is 1.80. The van der Waals surface area contributed by atoms with Crippen molar-refractivity contribution in [2.45, 2.75) is 38.8 Å². The van der Waals surface area contributed by atoms with E-state index in [1.165, 1.54) is 0 Å². The SMILES string of the molecule is COCCN(Cc1ccccc1)C(=O)CCCCCn1c(=S)[nH]c2ccccc2c1=O. The fraction of sp³-hybridized carbons (Fsp3) is 0.375. The van der Waals surface area contributed by atoms with E-state index >= 15 is 0 Å². The highest BCUT2D eigenvalue weighted by Crippen LogP contribution is 2.11. The van der Waals surface area contributed by atoms with Gasteiger partial charge in [-0.3, -0.25) is 14.2 Å². The van der Waals surface area contributed by atoms with E-state index in [1.54, 1.807) is 17.7 Å². The zero-order chi connectivity index (χ0) is 22.1. The van der Waals surface area contributed by atoms with Crippen molar-refractivity contribution >= 4 is 29.0 Å². The number of carbonyl (C=O) groups excluding carboxylic acids is 1. The van der Waals surface area contributed by atoms with E-state index in [-0.39, 0.29) is 11.5 Å². The first-order valence-corrected chi connectivity index (χ1v) is 11.0. The standard InChI is InChI=1S/C24H29N3O3S/c1-30-17-16-26(18-19-10-4-2-5-11-19)22(28)14-6-3-9-15-27-23(29)20-12-7-8-13-21(20)25-24(27)31/h2,4-5,7-8,10-13H,3,6,9,14-18H2,1H3,(H,25,31). The summed E-state index contributed by atoms with van der Waals surface area (Å²) >= 11 is 5.36. The van der Waals surface area contributed by atoms with E-state index in [4.69, 9.17) is 17.0 Å². The van der Waals surface area contributed by atoms with Gasteiger partial charge in [0.15, 0.2) is 4.77 Å². The molecule has 1 N–H and O–H groups in total. The lowest BCUT2D eigenvalue weighted by Crippen LogP contribution is -2.33. The molecule has 3 rings (SSSR count). The van der Waals surface area contributed by atoms with Crippen LogP contribution in [-0.4, -0.2) is 40.6 Å². The zero-order valence-electron chi connectivity index (χ0n) is 17.9. The van der Waals surface area contributed by atoms with Gasteiger partial charge in [-0.2, -0.15) is 0 Å². The molecule has 0 aliphatic carbocycles. The number of para-hydroxylation sites is 1. The van der Waals surface area contributed by atoms with Crippen LogP contribution in [0.2, 0.25) is 0 Å². The molecule has 0 aliphatic heterocycles. The van der Waals surface area contributed by atoms with Gasteiger partial charge < -0.3 is 14.6 Å². The van der Waals surface area contributed by atoms with Crippen LogP contribution in [0.3, 0.4) is 0 Å². The zero-order valence-corrected chi connectivity index (χ0v) is 18.7. The molecule has 1 heterocycles. The van der Waals surface area contributed by atoms with Crippen molar-refractivity contribution in [1.29, 1.82) is 0 Å². The van der Waals surface area contributed by atoms with Gasteiger partial charge >= 0.3 is 0 Å². The molecule has 164 valence electrons. The van der Waals surface area contributed by atoms with Gasteiger partial charge in [0.25, 0.3) is 5.56 Å². The molecule has 31 heavy (non-hydrogen) atoms. The summed E-state index contributed by atoms with van der Waals surface area (Å²) in [6.07, 6.45) is 2.90. The molecule has 2 aromatic carbocycles. The van der Waals surface area contributed by atoms with Crippen LogP contribution in [0.25, 0.3) is 10.9 Å². The molecule has 0 spiro atoms. The minimum Gasteiger partial charge on any atom is -0.383 e. The van der Waals surface area contributed by atoms with Crippen molar-refractivity contribution in [3.63, 3.8) is 0 Å². The van der Waals surface area contributed by atoms with Gasteiger partial charge in [0.2, 0.25) is 5.91 Å². The van der Waals surface area contributed by atoms with Crippen LogP contribution >= 0.6 is 12.2 Å². The number of unbranched alkanes of at least 4 members (excludes halogenated alkanes) is 2. The summed E-state index contributed by atoms with van der Waals surface area (Å²) in [6.45, 7) is 2.22. The topological polar surface area (TPSA) is 67.3 Å². The number of methoxy groups -OCH3 is 1. The number of benzene rings is 2. The van der Waals surface area contributed by atoms with Crippen LogP contribution in [0.4, 0.5) is 0 Å². The quantitative estimate of drug-likeness (QED) is 0.357. The molecule has 0 saturated heterocycles. The van der Waals surface area contributed by atoms with Crippen LogP contribution in [-0.2, 0) is 22.6 Å². The summed E-state index contributed by atoms with van der Waals surface area (Å²) in [5.74, 6) is 0.126. The van der Waals surface area contributed by atoms with Crippen LogP contribution in [0.15, 0.2) is 59.4 Å². The largest absolute Gasteiger partial charge is 0.383 e. The first kappa shape index (κ1) is 22.9. The number of nitrogens with zero attached hydrogens (tertiary/aromatic N) is 2. The maximum Gasteiger partial charge on any atom is 0.262 e. The van der Waals surface area contributed by atoms with Crippen LogP contribution in [0.1, 0.15) is 31.2 Å². The Morgan fingerprint density at radius 1 is 1.06 bits per heavy atom. The van der Waals surface area contributed by atoms with Crippen LogP contribution in [0.5, 0.6) is 0 Å². The fourth-order valence-corrected chi connectivity index (χ4v) is 3.86. The number of carbonyl (C=O) groups is 1. The second kappa shape index (κ2) is 11.6. The monoisotopic (exact) mass is 439 g/mol. The number of amides is 1. The van der Waals surface area contributed by atoms with Crippen LogP contribution < -0.4 is 5.56 Å². The van der Waals surface area contributed by atoms with Crippen molar-refractivity contribution in [3.8, 4) is 0 Å². The highest BCUT2D eigenvalue weighted by atomic mass is 32.1. The third-order valence-electron chi connectivity index (χ3n) is 5.30. The number of rotatable bonds is 11. The highest BCUT2D eigenvalue weighted by molar-refractivity contribution is 7.71. The molecule has 3 aromatic rings. The molecule has 0 aliphatic rings. The average molecular weight is 440 g/mol. The Morgan fingerprint density at radius 3 is 2.58 bits per heavy atom. The lowest BCUT2D eigenvalue weighted by Gasteiger charge is -2.22. The number of H-pyrrole nitrogens is 1. The number of aromatic amines is 1. The van der Waals surface area contributed by atoms with Crippen molar-refractivity contribution in [3.05, 3.63) is 75.3 Å². The maximum atomic E-state index is 12.7. The minimum absolute atomic E-state index is 0.0657. The molecular formula is C24H29N3O3S. The molecule has 7 heteroatoms. The van der Waals surface area contributed by atoms with Crippen molar-refractivity contribution in [2.75, 3.05) is 20.3 Å². The van der Waals surface area contributed by atoms with Gasteiger partial charge in [0.05, 0.1) is 17.5 Å². The molecule has 1 amide bonds. The van der Waals surface area contributed by atoms with Crippen molar-refractivity contribution < 1.29 is 9.53 Å². The highest BCUT2D eigenvalue weighted by Gasteiger charge is 2.13. The summed E-state index contributed by atoms with van der Waals surface area (Å²) in [4.78, 5) is 30.4. The second-order valence-electron chi connectivity index (χ2n) is 7.54. The normalized spacial score (nSPS) is 11.0. The van der Waals surface area contributed by atoms with E-state index in [1.807, 2.05) is 53.4 Å². The summed E-state index contributed by atoms with van der Waals surface area (Å²) in [5, 5.41) is 0.640. The molecule has 6 nitrogen and oxygen atoms in total. The third kappa shape index (κ3) is 6.35. The van der Waals surface area contributed by atoms with E-state index in [9.17, 15) is 9.59 Å². The van der Waals surface area contributed by atoms with Crippen molar-refractivity contribution in [1.82, 2.24) is 14.5 Å². The maximum absolute atomic E-state index is 12.7. The Morgan fingerprint density at radius 2 is 1.81 bits per heavy atom. The molecule has 0 unspecified atom stereocenters. The van der Waals surface area contributed by atoms with Gasteiger partial charge in [-0.1, -0.05) is 48.9 Å². The molecule has 0 saturated carbocycles. The van der Waals surface area contributed by atoms with Crippen molar-refractivity contribution in [2.24, 2.45) is 0 Å². The predicted octanol–water partition coefficient (Wildman–Crippen LogP) is 4.29. The van der Waals surface area contributed by atoms with Gasteiger partial charge in [-0.05, 0) is 42.8 Å². The number of aromatic nitrogens is 2. The number of ether oxygens (including phenoxy) is 1. The molecule has 0 atom stereocenters. The molecule has 0 fully saturated rings. The third-order valence-corrected chi connectivity index (χ3v) is 5.62. The van der Waals surface area contributed by atoms with Gasteiger partial charge in [-0.25, -0.2) is 0 Å². The number of hydrogen-bond donors (Lipinski definition) is 1. The first-order valence-electron chi connectivity index (χ1n) is 10.6. The minimum atomic E-state index is -0.0657. The first-order chi connectivity index (χ1) is 15.1. The molecular weight excluding hydrogens is 410 g/mol. The summed E-state index contributed by atoms with van der Waals surface area (Å²) < 4.78 is 7.22. The summed E-state index contributed by atoms with van der Waals surface area (Å²) in [7, 11) is 1.64. The molecule has 0 bridgehead atoms. The Hall–Kier alpha value is -2.77. The average Bonchev–Trinajstić information content (AvgIpc) is 2.78. The Bertz CT molecular complexity index is 1110. The Labute approximate surface area is 187 Å². The van der Waals surface area contributed by atoms with Crippen LogP contribution in [0, 0.1) is 4.77 Å². The van der Waals surface area contributed by atoms with E-state index in [0.29, 0.717) is 42.8 Å². The predicted molar refractivity (Wildman–Crippen MR) is 126 cm³/mol.